The van der Waals surface area contributed by atoms with Crippen LogP contribution in [0.15, 0.2) is 0 Å². The van der Waals surface area contributed by atoms with Gasteiger partial charge < -0.3 is 10.6 Å². The van der Waals surface area contributed by atoms with Crippen LogP contribution in [0.4, 0.5) is 0 Å². The highest BCUT2D eigenvalue weighted by Gasteiger charge is 2.26. The fourth-order valence-corrected chi connectivity index (χ4v) is 2.87. The number of likely N-dealkylation sites (N-methyl/N-ethyl adjacent to an activating group) is 1. The van der Waals surface area contributed by atoms with Crippen molar-refractivity contribution in [2.24, 2.45) is 0 Å². The summed E-state index contributed by atoms with van der Waals surface area (Å²) in [6, 6.07) is -0.0323. The van der Waals surface area contributed by atoms with Gasteiger partial charge in [0, 0.05) is 26.2 Å². The fraction of sp³-hybridized carbons (Fsp3) is 0.900. The molecule has 17 heavy (non-hydrogen) atoms. The zero-order chi connectivity index (χ0) is 13.1. The molecule has 1 heterocycles. The summed E-state index contributed by atoms with van der Waals surface area (Å²) in [4.78, 5) is 11.3. The molecule has 7 heteroatoms. The monoisotopic (exact) mass is 263 g/mol. The van der Waals surface area contributed by atoms with E-state index in [1.165, 1.54) is 10.6 Å². The second kappa shape index (κ2) is 5.79. The molecule has 0 spiro atoms. The minimum atomic E-state index is -3.07. The molecule has 1 rings (SSSR count). The molecule has 0 aromatic rings. The molecule has 1 aliphatic rings. The van der Waals surface area contributed by atoms with Crippen molar-refractivity contribution in [3.8, 4) is 0 Å². The van der Waals surface area contributed by atoms with Crippen LogP contribution in [0.25, 0.3) is 0 Å². The van der Waals surface area contributed by atoms with Crippen LogP contribution in [0.3, 0.4) is 0 Å². The van der Waals surface area contributed by atoms with Crippen LogP contribution in [0.2, 0.25) is 0 Å². The summed E-state index contributed by atoms with van der Waals surface area (Å²) in [5.74, 6) is -0.0458. The van der Waals surface area contributed by atoms with Gasteiger partial charge in [0.15, 0.2) is 0 Å². The Labute approximate surface area is 103 Å². The third-order valence-electron chi connectivity index (χ3n) is 3.05. The fourth-order valence-electron chi connectivity index (χ4n) is 2.00. The SMILES string of the molecule is CNC(=O)C(C)NC1CCN(S(C)(=O)=O)CC1. The Morgan fingerprint density at radius 3 is 2.29 bits per heavy atom. The maximum Gasteiger partial charge on any atom is 0.236 e. The highest BCUT2D eigenvalue weighted by atomic mass is 32.2. The summed E-state index contributed by atoms with van der Waals surface area (Å²) in [5.41, 5.74) is 0. The van der Waals surface area contributed by atoms with E-state index in [-0.39, 0.29) is 18.0 Å². The van der Waals surface area contributed by atoms with Crippen LogP contribution >= 0.6 is 0 Å². The van der Waals surface area contributed by atoms with Crippen LogP contribution < -0.4 is 10.6 Å². The van der Waals surface area contributed by atoms with Gasteiger partial charge >= 0.3 is 0 Å². The smallest absolute Gasteiger partial charge is 0.236 e. The predicted octanol–water partition coefficient (Wildman–Crippen LogP) is -0.865. The van der Waals surface area contributed by atoms with Crippen LogP contribution in [-0.4, -0.2) is 57.1 Å². The number of piperidine rings is 1. The van der Waals surface area contributed by atoms with Crippen molar-refractivity contribution in [2.45, 2.75) is 31.8 Å². The van der Waals surface area contributed by atoms with Crippen LogP contribution in [0.5, 0.6) is 0 Å². The van der Waals surface area contributed by atoms with Gasteiger partial charge in [-0.3, -0.25) is 4.79 Å². The maximum absolute atomic E-state index is 11.3. The van der Waals surface area contributed by atoms with E-state index in [0.29, 0.717) is 13.1 Å². The molecule has 100 valence electrons. The largest absolute Gasteiger partial charge is 0.358 e. The van der Waals surface area contributed by atoms with Crippen LogP contribution in [0, 0.1) is 0 Å². The summed E-state index contributed by atoms with van der Waals surface area (Å²) in [6.07, 6.45) is 2.72. The van der Waals surface area contributed by atoms with E-state index in [9.17, 15) is 13.2 Å². The lowest BCUT2D eigenvalue weighted by Gasteiger charge is -2.32. The lowest BCUT2D eigenvalue weighted by atomic mass is 10.1. The quantitative estimate of drug-likeness (QED) is 0.691. The van der Waals surface area contributed by atoms with Crippen molar-refractivity contribution in [3.63, 3.8) is 0 Å². The van der Waals surface area contributed by atoms with Gasteiger partial charge in [0.05, 0.1) is 12.3 Å². The Bertz CT molecular complexity index is 361. The van der Waals surface area contributed by atoms with E-state index in [1.54, 1.807) is 7.05 Å². The zero-order valence-corrected chi connectivity index (χ0v) is 11.4. The average molecular weight is 263 g/mol. The molecule has 0 aromatic heterocycles. The molecule has 1 amide bonds. The van der Waals surface area contributed by atoms with Crippen molar-refractivity contribution in [1.82, 2.24) is 14.9 Å². The van der Waals surface area contributed by atoms with Crippen molar-refractivity contribution in [2.75, 3.05) is 26.4 Å². The summed E-state index contributed by atoms with van der Waals surface area (Å²) in [5, 5.41) is 5.79. The van der Waals surface area contributed by atoms with Gasteiger partial charge in [0.2, 0.25) is 15.9 Å². The number of nitrogens with one attached hydrogen (secondary N) is 2. The Kier molecular flexibility index (Phi) is 4.91. The molecule has 0 aliphatic carbocycles. The third-order valence-corrected chi connectivity index (χ3v) is 4.35. The van der Waals surface area contributed by atoms with Gasteiger partial charge in [-0.2, -0.15) is 0 Å². The van der Waals surface area contributed by atoms with E-state index in [0.717, 1.165) is 12.8 Å². The molecule has 0 saturated carbocycles. The molecular weight excluding hydrogens is 242 g/mol. The molecule has 2 N–H and O–H groups in total. The Balaban J connectivity index is 2.40. The van der Waals surface area contributed by atoms with Crippen molar-refractivity contribution in [1.29, 1.82) is 0 Å². The Morgan fingerprint density at radius 2 is 1.88 bits per heavy atom. The number of carbonyl (C=O) groups is 1. The Morgan fingerprint density at radius 1 is 1.35 bits per heavy atom. The summed E-state index contributed by atoms with van der Waals surface area (Å²) < 4.78 is 24.1. The normalized spacial score (nSPS) is 21.1. The van der Waals surface area contributed by atoms with E-state index in [1.807, 2.05) is 6.92 Å². The number of hydrogen-bond acceptors (Lipinski definition) is 4. The molecule has 0 aromatic carbocycles. The lowest BCUT2D eigenvalue weighted by Crippen LogP contribution is -2.50. The molecule has 6 nitrogen and oxygen atoms in total. The van der Waals surface area contributed by atoms with Crippen molar-refractivity contribution >= 4 is 15.9 Å². The predicted molar refractivity (Wildman–Crippen MR) is 66.1 cm³/mol. The van der Waals surface area contributed by atoms with Gasteiger partial charge in [-0.1, -0.05) is 0 Å². The first-order valence-electron chi connectivity index (χ1n) is 5.77. The van der Waals surface area contributed by atoms with Gasteiger partial charge in [0.25, 0.3) is 0 Å². The maximum atomic E-state index is 11.3. The standard InChI is InChI=1S/C10H21N3O3S/c1-8(10(14)11-2)12-9-4-6-13(7-5-9)17(3,15)16/h8-9,12H,4-7H2,1-3H3,(H,11,14). The van der Waals surface area contributed by atoms with E-state index in [4.69, 9.17) is 0 Å². The highest BCUT2D eigenvalue weighted by Crippen LogP contribution is 2.13. The van der Waals surface area contributed by atoms with Gasteiger partial charge in [-0.15, -0.1) is 0 Å². The highest BCUT2D eigenvalue weighted by molar-refractivity contribution is 7.88. The minimum absolute atomic E-state index is 0.0458. The first-order chi connectivity index (χ1) is 7.84. The van der Waals surface area contributed by atoms with Gasteiger partial charge in [-0.05, 0) is 19.8 Å². The second-order valence-corrected chi connectivity index (χ2v) is 6.42. The molecule has 0 radical (unpaired) electrons. The second-order valence-electron chi connectivity index (χ2n) is 4.44. The zero-order valence-electron chi connectivity index (χ0n) is 10.6. The van der Waals surface area contributed by atoms with Gasteiger partial charge in [-0.25, -0.2) is 12.7 Å². The van der Waals surface area contributed by atoms with Crippen LogP contribution in [-0.2, 0) is 14.8 Å². The van der Waals surface area contributed by atoms with Crippen molar-refractivity contribution in [3.05, 3.63) is 0 Å². The van der Waals surface area contributed by atoms with Gasteiger partial charge in [0.1, 0.15) is 0 Å². The molecule has 1 aliphatic heterocycles. The lowest BCUT2D eigenvalue weighted by molar-refractivity contribution is -0.122. The summed E-state index contributed by atoms with van der Waals surface area (Å²) in [7, 11) is -1.47. The molecule has 1 atom stereocenters. The number of rotatable bonds is 4. The average Bonchev–Trinajstić information content (AvgIpc) is 2.27. The number of hydrogen-bond donors (Lipinski definition) is 2. The number of sulfonamides is 1. The molecule has 0 bridgehead atoms. The molecular formula is C10H21N3O3S. The summed E-state index contributed by atoms with van der Waals surface area (Å²) >= 11 is 0. The number of nitrogens with zero attached hydrogens (tertiary/aromatic N) is 1. The molecule has 1 saturated heterocycles. The summed E-state index contributed by atoms with van der Waals surface area (Å²) in [6.45, 7) is 2.86. The Hall–Kier alpha value is -0.660. The van der Waals surface area contributed by atoms with Crippen molar-refractivity contribution < 1.29 is 13.2 Å². The molecule has 1 fully saturated rings. The minimum Gasteiger partial charge on any atom is -0.358 e. The first-order valence-corrected chi connectivity index (χ1v) is 7.62. The molecule has 1 unspecified atom stereocenters. The third kappa shape index (κ3) is 4.25. The van der Waals surface area contributed by atoms with E-state index in [2.05, 4.69) is 10.6 Å². The first kappa shape index (κ1) is 14.4. The topological polar surface area (TPSA) is 78.5 Å². The number of carbonyl (C=O) groups excluding carboxylic acids is 1. The van der Waals surface area contributed by atoms with E-state index >= 15 is 0 Å². The van der Waals surface area contributed by atoms with Crippen LogP contribution in [0.1, 0.15) is 19.8 Å². The number of amides is 1. The van der Waals surface area contributed by atoms with E-state index < -0.39 is 10.0 Å².